The van der Waals surface area contributed by atoms with Gasteiger partial charge < -0.3 is 25.8 Å². The van der Waals surface area contributed by atoms with Crippen molar-refractivity contribution < 1.29 is 14.3 Å². The maximum atomic E-state index is 11.9. The number of carbonyl (C=O) groups excluding carboxylic acids is 1. The first kappa shape index (κ1) is 19.9. The van der Waals surface area contributed by atoms with E-state index >= 15 is 0 Å². The highest BCUT2D eigenvalue weighted by atomic mass is 16.6. The summed E-state index contributed by atoms with van der Waals surface area (Å²) in [5, 5.41) is 6.06. The summed E-state index contributed by atoms with van der Waals surface area (Å²) in [5.74, 6) is 1.21. The van der Waals surface area contributed by atoms with Crippen LogP contribution in [-0.2, 0) is 4.74 Å². The van der Waals surface area contributed by atoms with E-state index in [1.807, 2.05) is 58.9 Å². The largest absolute Gasteiger partial charge is 0.493 e. The number of hydrogen-bond donors (Lipinski definition) is 3. The Morgan fingerprint density at radius 2 is 2.00 bits per heavy atom. The minimum Gasteiger partial charge on any atom is -0.493 e. The number of para-hydroxylation sites is 1. The molecule has 1 aliphatic rings. The number of amides is 1. The Hall–Kier alpha value is -2.44. The van der Waals surface area contributed by atoms with Crippen LogP contribution in [0.1, 0.15) is 52.6 Å². The van der Waals surface area contributed by atoms with Gasteiger partial charge in [0.2, 0.25) is 0 Å². The van der Waals surface area contributed by atoms with Crippen molar-refractivity contribution in [2.24, 2.45) is 10.7 Å². The molecular weight excluding hydrogens is 332 g/mol. The molecule has 26 heavy (non-hydrogen) atoms. The fourth-order valence-electron chi connectivity index (χ4n) is 2.62. The number of hydrogen-bond acceptors (Lipinski definition) is 4. The molecule has 1 atom stereocenters. The van der Waals surface area contributed by atoms with Crippen molar-refractivity contribution in [3.05, 3.63) is 29.8 Å². The van der Waals surface area contributed by atoms with E-state index in [0.29, 0.717) is 19.1 Å². The van der Waals surface area contributed by atoms with Gasteiger partial charge in [-0.1, -0.05) is 18.2 Å². The van der Waals surface area contributed by atoms with Crippen LogP contribution >= 0.6 is 0 Å². The van der Waals surface area contributed by atoms with Gasteiger partial charge in [0.15, 0.2) is 5.96 Å². The van der Waals surface area contributed by atoms with Crippen LogP contribution in [0, 0.1) is 0 Å². The van der Waals surface area contributed by atoms with Crippen LogP contribution in [0.4, 0.5) is 4.79 Å². The lowest BCUT2D eigenvalue weighted by Gasteiger charge is -2.28. The fraction of sp³-hybridized carbons (Fsp3) is 0.579. The van der Waals surface area contributed by atoms with E-state index in [-0.39, 0.29) is 6.04 Å². The van der Waals surface area contributed by atoms with E-state index in [1.54, 1.807) is 0 Å². The molecule has 7 nitrogen and oxygen atoms in total. The summed E-state index contributed by atoms with van der Waals surface area (Å²) < 4.78 is 10.9. The van der Waals surface area contributed by atoms with Gasteiger partial charge >= 0.3 is 6.09 Å². The van der Waals surface area contributed by atoms with Crippen LogP contribution < -0.4 is 21.1 Å². The molecular formula is C19H30N4O3. The van der Waals surface area contributed by atoms with Gasteiger partial charge in [0, 0.05) is 12.0 Å². The SMILES string of the molecule is CC(C)(CN=C(N)NC1CCOc2ccccc21)NC(=O)OC(C)(C)C. The van der Waals surface area contributed by atoms with Crippen molar-refractivity contribution in [3.63, 3.8) is 0 Å². The van der Waals surface area contributed by atoms with Crippen LogP contribution in [0.15, 0.2) is 29.3 Å². The molecule has 1 amide bonds. The van der Waals surface area contributed by atoms with E-state index < -0.39 is 17.2 Å². The third-order valence-electron chi connectivity index (χ3n) is 3.76. The van der Waals surface area contributed by atoms with E-state index in [4.69, 9.17) is 15.2 Å². The summed E-state index contributed by atoms with van der Waals surface area (Å²) in [5.41, 5.74) is 6.01. The van der Waals surface area contributed by atoms with E-state index in [1.165, 1.54) is 0 Å². The topological polar surface area (TPSA) is 98.0 Å². The molecule has 1 aliphatic heterocycles. The molecule has 0 aliphatic carbocycles. The van der Waals surface area contributed by atoms with Gasteiger partial charge in [-0.2, -0.15) is 0 Å². The molecule has 1 unspecified atom stereocenters. The summed E-state index contributed by atoms with van der Waals surface area (Å²) in [6, 6.07) is 7.95. The molecule has 2 rings (SSSR count). The second-order valence-corrected chi connectivity index (χ2v) is 8.08. The summed E-state index contributed by atoms with van der Waals surface area (Å²) >= 11 is 0. The molecule has 0 spiro atoms. The molecule has 4 N–H and O–H groups in total. The number of aliphatic imine (C=N–C) groups is 1. The zero-order chi connectivity index (χ0) is 19.4. The van der Waals surface area contributed by atoms with Crippen molar-refractivity contribution in [1.82, 2.24) is 10.6 Å². The average molecular weight is 362 g/mol. The van der Waals surface area contributed by atoms with Crippen LogP contribution in [0.2, 0.25) is 0 Å². The number of carbonyl (C=O) groups is 1. The standard InChI is InChI=1S/C19H30N4O3/c1-18(2,3)26-17(24)23-19(4,5)12-21-16(20)22-14-10-11-25-15-9-7-6-8-13(14)15/h6-9,14H,10-12H2,1-5H3,(H,23,24)(H3,20,21,22). The van der Waals surface area contributed by atoms with E-state index in [2.05, 4.69) is 15.6 Å². The van der Waals surface area contributed by atoms with Gasteiger partial charge in [-0.3, -0.25) is 4.99 Å². The van der Waals surface area contributed by atoms with Gasteiger partial charge in [-0.15, -0.1) is 0 Å². The first-order chi connectivity index (χ1) is 12.1. The fourth-order valence-corrected chi connectivity index (χ4v) is 2.62. The van der Waals surface area contributed by atoms with Gasteiger partial charge in [-0.05, 0) is 40.7 Å². The zero-order valence-electron chi connectivity index (χ0n) is 16.3. The Morgan fingerprint density at radius 3 is 2.69 bits per heavy atom. The first-order valence-corrected chi connectivity index (χ1v) is 8.85. The van der Waals surface area contributed by atoms with Gasteiger partial charge in [0.1, 0.15) is 11.4 Å². The molecule has 0 fully saturated rings. The van der Waals surface area contributed by atoms with Crippen LogP contribution in [-0.4, -0.2) is 36.3 Å². The number of ether oxygens (including phenoxy) is 2. The number of nitrogens with zero attached hydrogens (tertiary/aromatic N) is 1. The van der Waals surface area contributed by atoms with Crippen molar-refractivity contribution in [2.75, 3.05) is 13.2 Å². The lowest BCUT2D eigenvalue weighted by Crippen LogP contribution is -2.48. The van der Waals surface area contributed by atoms with Gasteiger partial charge in [-0.25, -0.2) is 4.79 Å². The summed E-state index contributed by atoms with van der Waals surface area (Å²) in [6.45, 7) is 10.2. The Kier molecular flexibility index (Phi) is 6.00. The summed E-state index contributed by atoms with van der Waals surface area (Å²) in [6.07, 6.45) is 0.342. The summed E-state index contributed by atoms with van der Waals surface area (Å²) in [7, 11) is 0. The normalized spacial score (nSPS) is 17.7. The molecule has 0 bridgehead atoms. The van der Waals surface area contributed by atoms with Crippen molar-refractivity contribution in [2.45, 2.75) is 58.2 Å². The number of fused-ring (bicyclic) bond motifs is 1. The second-order valence-electron chi connectivity index (χ2n) is 8.08. The number of benzene rings is 1. The minimum absolute atomic E-state index is 0.0608. The lowest BCUT2D eigenvalue weighted by atomic mass is 10.0. The zero-order valence-corrected chi connectivity index (χ0v) is 16.3. The predicted molar refractivity (Wildman–Crippen MR) is 102 cm³/mol. The van der Waals surface area contributed by atoms with Gasteiger partial charge in [0.05, 0.1) is 24.7 Å². The number of nitrogens with two attached hydrogens (primary N) is 1. The molecule has 0 radical (unpaired) electrons. The van der Waals surface area contributed by atoms with Crippen LogP contribution in [0.3, 0.4) is 0 Å². The maximum absolute atomic E-state index is 11.9. The monoisotopic (exact) mass is 362 g/mol. The maximum Gasteiger partial charge on any atom is 0.408 e. The average Bonchev–Trinajstić information content (AvgIpc) is 2.51. The number of guanidine groups is 1. The predicted octanol–water partition coefficient (Wildman–Crippen LogP) is 2.72. The highest BCUT2D eigenvalue weighted by Gasteiger charge is 2.25. The molecule has 1 aromatic carbocycles. The summed E-state index contributed by atoms with van der Waals surface area (Å²) in [4.78, 5) is 16.3. The van der Waals surface area contributed by atoms with Crippen LogP contribution in [0.25, 0.3) is 0 Å². The molecule has 1 heterocycles. The molecule has 0 saturated heterocycles. The Labute approximate surface area is 155 Å². The molecule has 144 valence electrons. The highest BCUT2D eigenvalue weighted by Crippen LogP contribution is 2.31. The van der Waals surface area contributed by atoms with Crippen molar-refractivity contribution in [3.8, 4) is 5.75 Å². The quantitative estimate of drug-likeness (QED) is 0.565. The minimum atomic E-state index is -0.581. The molecule has 0 saturated carbocycles. The van der Waals surface area contributed by atoms with E-state index in [0.717, 1.165) is 17.7 Å². The Bertz CT molecular complexity index is 665. The van der Waals surface area contributed by atoms with Gasteiger partial charge in [0.25, 0.3) is 0 Å². The first-order valence-electron chi connectivity index (χ1n) is 8.85. The second kappa shape index (κ2) is 7.85. The Morgan fingerprint density at radius 1 is 1.31 bits per heavy atom. The Balaban J connectivity index is 1.92. The molecule has 1 aromatic rings. The number of rotatable bonds is 4. The number of nitrogens with one attached hydrogen (secondary N) is 2. The number of alkyl carbamates (subject to hydrolysis) is 1. The van der Waals surface area contributed by atoms with Crippen molar-refractivity contribution in [1.29, 1.82) is 0 Å². The van der Waals surface area contributed by atoms with Crippen molar-refractivity contribution >= 4 is 12.1 Å². The third kappa shape index (κ3) is 6.13. The lowest BCUT2D eigenvalue weighted by molar-refractivity contribution is 0.0476. The van der Waals surface area contributed by atoms with Crippen LogP contribution in [0.5, 0.6) is 5.75 Å². The third-order valence-corrected chi connectivity index (χ3v) is 3.76. The molecule has 7 heteroatoms. The highest BCUT2D eigenvalue weighted by molar-refractivity contribution is 5.78. The smallest absolute Gasteiger partial charge is 0.408 e. The van der Waals surface area contributed by atoms with E-state index in [9.17, 15) is 4.79 Å². The molecule has 0 aromatic heterocycles.